The van der Waals surface area contributed by atoms with Crippen LogP contribution >= 0.6 is 0 Å². The van der Waals surface area contributed by atoms with Gasteiger partial charge in [0, 0.05) is 19.0 Å². The van der Waals surface area contributed by atoms with Crippen molar-refractivity contribution in [2.75, 3.05) is 26.3 Å². The summed E-state index contributed by atoms with van der Waals surface area (Å²) in [6.07, 6.45) is -0.586. The number of nitrogens with one attached hydrogen (secondary N) is 2. The highest BCUT2D eigenvalue weighted by molar-refractivity contribution is 6.00. The molecule has 202 valence electrons. The molecule has 3 N–H and O–H groups in total. The number of hydrogen-bond donors (Lipinski definition) is 3. The summed E-state index contributed by atoms with van der Waals surface area (Å²) >= 11 is 0. The molecule has 0 aliphatic heterocycles. The largest absolute Gasteiger partial charge is 0.480 e. The van der Waals surface area contributed by atoms with Crippen molar-refractivity contribution >= 4 is 24.1 Å². The fourth-order valence-electron chi connectivity index (χ4n) is 4.13. The lowest BCUT2D eigenvalue weighted by atomic mass is 9.87. The lowest BCUT2D eigenvalue weighted by Gasteiger charge is -2.28. The highest BCUT2D eigenvalue weighted by Gasteiger charge is 2.49. The Morgan fingerprint density at radius 1 is 0.895 bits per heavy atom. The van der Waals surface area contributed by atoms with Gasteiger partial charge in [-0.3, -0.25) is 9.59 Å². The first-order valence-electron chi connectivity index (χ1n) is 12.1. The molecule has 1 atom stereocenters. The molecule has 0 spiro atoms. The summed E-state index contributed by atoms with van der Waals surface area (Å²) in [4.78, 5) is 49.8. The highest BCUT2D eigenvalue weighted by atomic mass is 16.6. The molecule has 2 aromatic carbocycles. The van der Waals surface area contributed by atoms with Crippen LogP contribution in [0.3, 0.4) is 0 Å². The molecule has 0 heterocycles. The van der Waals surface area contributed by atoms with E-state index in [-0.39, 0.29) is 19.1 Å². The van der Waals surface area contributed by atoms with Gasteiger partial charge in [-0.05, 0) is 43.0 Å². The van der Waals surface area contributed by atoms with Crippen molar-refractivity contribution < 1.29 is 38.5 Å². The number of benzene rings is 2. The fourth-order valence-corrected chi connectivity index (χ4v) is 4.13. The summed E-state index contributed by atoms with van der Waals surface area (Å²) in [6, 6.07) is 15.6. The predicted molar refractivity (Wildman–Crippen MR) is 139 cm³/mol. The van der Waals surface area contributed by atoms with E-state index in [1.54, 1.807) is 20.8 Å². The van der Waals surface area contributed by atoms with Crippen molar-refractivity contribution in [3.8, 4) is 11.1 Å². The average molecular weight is 525 g/mol. The van der Waals surface area contributed by atoms with E-state index in [1.165, 1.54) is 6.08 Å². The van der Waals surface area contributed by atoms with E-state index in [0.29, 0.717) is 0 Å². The van der Waals surface area contributed by atoms with Crippen LogP contribution in [0.5, 0.6) is 0 Å². The molecule has 1 unspecified atom stereocenters. The van der Waals surface area contributed by atoms with Gasteiger partial charge in [0.1, 0.15) is 18.8 Å². The number of esters is 1. The quantitative estimate of drug-likeness (QED) is 0.184. The molecule has 10 nitrogen and oxygen atoms in total. The molecule has 1 aliphatic carbocycles. The number of amides is 2. The zero-order valence-corrected chi connectivity index (χ0v) is 21.6. The van der Waals surface area contributed by atoms with Crippen LogP contribution in [0.15, 0.2) is 61.2 Å². The molecule has 1 aliphatic rings. The number of carboxylic acid groups (broad SMARTS) is 1. The third kappa shape index (κ3) is 6.50. The lowest BCUT2D eigenvalue weighted by Crippen LogP contribution is -2.56. The predicted octanol–water partition coefficient (Wildman–Crippen LogP) is 3.85. The van der Waals surface area contributed by atoms with E-state index < -0.39 is 48.2 Å². The Hall–Kier alpha value is -4.34. The van der Waals surface area contributed by atoms with Crippen molar-refractivity contribution in [1.82, 2.24) is 10.6 Å². The van der Waals surface area contributed by atoms with Gasteiger partial charge in [-0.2, -0.15) is 0 Å². The Kier molecular flexibility index (Phi) is 8.77. The zero-order chi connectivity index (χ0) is 27.9. The van der Waals surface area contributed by atoms with Gasteiger partial charge in [0.05, 0.1) is 0 Å². The van der Waals surface area contributed by atoms with Gasteiger partial charge in [0.25, 0.3) is 0 Å². The Morgan fingerprint density at radius 2 is 1.42 bits per heavy atom. The van der Waals surface area contributed by atoms with Crippen molar-refractivity contribution in [2.45, 2.75) is 32.3 Å². The molecule has 3 rings (SSSR count). The first-order valence-corrected chi connectivity index (χ1v) is 12.1. The van der Waals surface area contributed by atoms with Crippen LogP contribution in [0, 0.1) is 5.41 Å². The minimum atomic E-state index is -2.34. The summed E-state index contributed by atoms with van der Waals surface area (Å²) in [5, 5.41) is 14.6. The van der Waals surface area contributed by atoms with Crippen molar-refractivity contribution in [1.29, 1.82) is 0 Å². The maximum absolute atomic E-state index is 12.8. The van der Waals surface area contributed by atoms with Gasteiger partial charge >= 0.3 is 24.1 Å². The summed E-state index contributed by atoms with van der Waals surface area (Å²) in [6.45, 7) is 6.67. The monoisotopic (exact) mass is 524 g/mol. The first-order chi connectivity index (χ1) is 18.0. The maximum Gasteiger partial charge on any atom is 0.407 e. The molecular weight excluding hydrogens is 492 g/mol. The Bertz CT molecular complexity index is 1170. The smallest absolute Gasteiger partial charge is 0.407 e. The van der Waals surface area contributed by atoms with E-state index in [2.05, 4.69) is 17.2 Å². The molecule has 0 radical (unpaired) electrons. The van der Waals surface area contributed by atoms with E-state index in [0.717, 1.165) is 22.3 Å². The highest BCUT2D eigenvalue weighted by Crippen LogP contribution is 2.44. The second-order valence-electron chi connectivity index (χ2n) is 9.81. The normalized spacial score (nSPS) is 13.8. The Labute approximate surface area is 221 Å². The van der Waals surface area contributed by atoms with E-state index in [9.17, 15) is 24.3 Å². The van der Waals surface area contributed by atoms with Crippen LogP contribution in [-0.4, -0.2) is 61.1 Å². The summed E-state index contributed by atoms with van der Waals surface area (Å²) < 4.78 is 15.6. The number of aliphatic carboxylic acids is 1. The third-order valence-corrected chi connectivity index (χ3v) is 5.94. The van der Waals surface area contributed by atoms with Crippen LogP contribution in [0.4, 0.5) is 9.59 Å². The SMILES string of the molecule is C=CCOC(=O)C(CNC(=O)OCC1c2ccccc2-c2ccccc21)(CNC(=O)OC(C)(C)C)C(=O)O. The number of alkyl carbamates (subject to hydrolysis) is 2. The molecular formula is C28H32N2O8. The number of rotatable bonds is 10. The van der Waals surface area contributed by atoms with Crippen molar-refractivity contribution in [3.05, 3.63) is 72.3 Å². The molecule has 0 saturated carbocycles. The average Bonchev–Trinajstić information content (AvgIpc) is 3.18. The van der Waals surface area contributed by atoms with Gasteiger partial charge in [0.2, 0.25) is 0 Å². The first kappa shape index (κ1) is 28.2. The van der Waals surface area contributed by atoms with Gasteiger partial charge in [-0.25, -0.2) is 9.59 Å². The summed E-state index contributed by atoms with van der Waals surface area (Å²) in [7, 11) is 0. The fraction of sp³-hybridized carbons (Fsp3) is 0.357. The van der Waals surface area contributed by atoms with Crippen LogP contribution in [-0.2, 0) is 23.8 Å². The molecule has 38 heavy (non-hydrogen) atoms. The van der Waals surface area contributed by atoms with Gasteiger partial charge in [0.15, 0.2) is 5.41 Å². The second-order valence-corrected chi connectivity index (χ2v) is 9.81. The number of carbonyl (C=O) groups excluding carboxylic acids is 3. The molecule has 2 aromatic rings. The van der Waals surface area contributed by atoms with Crippen LogP contribution in [0.25, 0.3) is 11.1 Å². The van der Waals surface area contributed by atoms with Gasteiger partial charge < -0.3 is 30.0 Å². The lowest BCUT2D eigenvalue weighted by molar-refractivity contribution is -0.167. The van der Waals surface area contributed by atoms with Crippen LogP contribution in [0.2, 0.25) is 0 Å². The van der Waals surface area contributed by atoms with Crippen LogP contribution < -0.4 is 10.6 Å². The summed E-state index contributed by atoms with van der Waals surface area (Å²) in [5.41, 5.74) is 0.942. The number of carboxylic acids is 1. The van der Waals surface area contributed by atoms with E-state index in [4.69, 9.17) is 14.2 Å². The number of carbonyl (C=O) groups is 4. The van der Waals surface area contributed by atoms with Gasteiger partial charge in [-0.1, -0.05) is 61.2 Å². The summed E-state index contributed by atoms with van der Waals surface area (Å²) in [5.74, 6) is -2.98. The molecule has 2 amide bonds. The molecule has 0 bridgehead atoms. The number of hydrogen-bond acceptors (Lipinski definition) is 7. The Morgan fingerprint density at radius 3 is 1.92 bits per heavy atom. The number of fused-ring (bicyclic) bond motifs is 3. The Balaban J connectivity index is 1.70. The topological polar surface area (TPSA) is 140 Å². The molecule has 10 heteroatoms. The second kappa shape index (κ2) is 11.8. The van der Waals surface area contributed by atoms with Crippen LogP contribution in [0.1, 0.15) is 37.8 Å². The number of ether oxygens (including phenoxy) is 3. The van der Waals surface area contributed by atoms with Crippen molar-refractivity contribution in [2.24, 2.45) is 5.41 Å². The minimum Gasteiger partial charge on any atom is -0.480 e. The maximum atomic E-state index is 12.8. The molecule has 0 aromatic heterocycles. The van der Waals surface area contributed by atoms with E-state index >= 15 is 0 Å². The molecule has 0 saturated heterocycles. The standard InChI is InChI=1S/C28H32N2O8/c1-5-14-36-24(33)28(23(31)32,17-30-26(35)38-27(2,3)4)16-29-25(34)37-15-22-20-12-8-6-10-18(20)19-11-7-9-13-21(19)22/h5-13,22H,1,14-17H2,2-4H3,(H,29,34)(H,30,35)(H,31,32). The zero-order valence-electron chi connectivity index (χ0n) is 21.6. The van der Waals surface area contributed by atoms with Crippen molar-refractivity contribution in [3.63, 3.8) is 0 Å². The molecule has 0 fully saturated rings. The minimum absolute atomic E-state index is 0.00298. The van der Waals surface area contributed by atoms with Gasteiger partial charge in [-0.15, -0.1) is 0 Å². The third-order valence-electron chi connectivity index (χ3n) is 5.94. The van der Waals surface area contributed by atoms with E-state index in [1.807, 2.05) is 48.5 Å².